The molecule has 0 aliphatic heterocycles. The molecule has 0 unspecified atom stereocenters. The SMILES string of the molecule is CN(C)c1cncc(-c2cnc3[nH]nc(-c4cc5c(-c6cc(O)cc(F)c6)nccc5[nH]4)c3c2)c1. The van der Waals surface area contributed by atoms with Crippen LogP contribution in [0.2, 0.25) is 0 Å². The lowest BCUT2D eigenvalue weighted by Gasteiger charge is -2.12. The molecule has 0 atom stereocenters. The molecule has 1 aromatic carbocycles. The van der Waals surface area contributed by atoms with E-state index in [0.29, 0.717) is 22.6 Å². The molecular weight excluding hydrogens is 445 g/mol. The molecule has 3 N–H and O–H groups in total. The maximum atomic E-state index is 13.9. The summed E-state index contributed by atoms with van der Waals surface area (Å²) in [5.74, 6) is -0.682. The van der Waals surface area contributed by atoms with Crippen molar-refractivity contribution in [2.24, 2.45) is 0 Å². The van der Waals surface area contributed by atoms with Gasteiger partial charge in [-0.3, -0.25) is 15.1 Å². The highest BCUT2D eigenvalue weighted by Crippen LogP contribution is 2.35. The van der Waals surface area contributed by atoms with Crippen molar-refractivity contribution >= 4 is 27.6 Å². The largest absolute Gasteiger partial charge is 0.508 e. The van der Waals surface area contributed by atoms with E-state index in [0.717, 1.165) is 44.9 Å². The quantitative estimate of drug-likeness (QED) is 0.333. The lowest BCUT2D eigenvalue weighted by molar-refractivity contribution is 0.469. The Morgan fingerprint density at radius 3 is 2.54 bits per heavy atom. The molecule has 5 aromatic heterocycles. The van der Waals surface area contributed by atoms with Crippen molar-refractivity contribution in [1.29, 1.82) is 0 Å². The highest BCUT2D eigenvalue weighted by atomic mass is 19.1. The van der Waals surface area contributed by atoms with Crippen molar-refractivity contribution < 1.29 is 9.50 Å². The highest BCUT2D eigenvalue weighted by molar-refractivity contribution is 6.00. The van der Waals surface area contributed by atoms with Crippen molar-refractivity contribution in [3.63, 3.8) is 0 Å². The maximum Gasteiger partial charge on any atom is 0.155 e. The lowest BCUT2D eigenvalue weighted by Crippen LogP contribution is -2.08. The van der Waals surface area contributed by atoms with Gasteiger partial charge in [0.2, 0.25) is 0 Å². The molecule has 9 heteroatoms. The monoisotopic (exact) mass is 465 g/mol. The molecule has 0 spiro atoms. The van der Waals surface area contributed by atoms with Crippen molar-refractivity contribution in [3.05, 3.63) is 73.1 Å². The summed E-state index contributed by atoms with van der Waals surface area (Å²) in [6, 6.07) is 11.8. The molecule has 6 aromatic rings. The van der Waals surface area contributed by atoms with Crippen LogP contribution in [0.3, 0.4) is 0 Å². The molecule has 0 saturated heterocycles. The first-order valence-corrected chi connectivity index (χ1v) is 10.9. The Labute approximate surface area is 199 Å². The number of phenols is 1. The van der Waals surface area contributed by atoms with Crippen LogP contribution in [0.25, 0.3) is 55.7 Å². The number of nitrogens with zero attached hydrogens (tertiary/aromatic N) is 5. The summed E-state index contributed by atoms with van der Waals surface area (Å²) in [7, 11) is 3.95. The van der Waals surface area contributed by atoms with Crippen molar-refractivity contribution in [2.45, 2.75) is 0 Å². The Bertz CT molecular complexity index is 1700. The zero-order valence-corrected chi connectivity index (χ0v) is 18.9. The fraction of sp³-hybridized carbons (Fsp3) is 0.0769. The number of aromatic nitrogens is 6. The van der Waals surface area contributed by atoms with E-state index in [1.165, 1.54) is 12.1 Å². The molecule has 5 heterocycles. The third kappa shape index (κ3) is 3.63. The van der Waals surface area contributed by atoms with Crippen LogP contribution < -0.4 is 4.90 Å². The topological polar surface area (TPSA) is 107 Å². The van der Waals surface area contributed by atoms with Gasteiger partial charge < -0.3 is 15.0 Å². The van der Waals surface area contributed by atoms with E-state index < -0.39 is 5.82 Å². The predicted octanol–water partition coefficient (Wildman–Crippen LogP) is 5.14. The van der Waals surface area contributed by atoms with Gasteiger partial charge in [-0.25, -0.2) is 9.37 Å². The van der Waals surface area contributed by atoms with Crippen molar-refractivity contribution in [1.82, 2.24) is 30.1 Å². The van der Waals surface area contributed by atoms with E-state index in [1.54, 1.807) is 12.4 Å². The fourth-order valence-corrected chi connectivity index (χ4v) is 4.22. The minimum absolute atomic E-state index is 0.153. The number of anilines is 1. The number of nitrogens with one attached hydrogen (secondary N) is 2. The zero-order chi connectivity index (χ0) is 24.1. The number of hydrogen-bond acceptors (Lipinski definition) is 6. The molecule has 0 radical (unpaired) electrons. The van der Waals surface area contributed by atoms with Gasteiger partial charge in [0.25, 0.3) is 0 Å². The summed E-state index contributed by atoms with van der Waals surface area (Å²) < 4.78 is 13.9. The summed E-state index contributed by atoms with van der Waals surface area (Å²) in [5, 5.41) is 19.0. The number of rotatable bonds is 4. The number of aromatic amines is 2. The van der Waals surface area contributed by atoms with E-state index >= 15 is 0 Å². The molecule has 0 saturated carbocycles. The average molecular weight is 465 g/mol. The second-order valence-electron chi connectivity index (χ2n) is 8.52. The Hall–Kier alpha value is -4.79. The van der Waals surface area contributed by atoms with Crippen LogP contribution in [-0.2, 0) is 0 Å². The Balaban J connectivity index is 1.48. The third-order valence-electron chi connectivity index (χ3n) is 5.95. The molecule has 0 aliphatic rings. The number of hydrogen-bond donors (Lipinski definition) is 3. The molecule has 35 heavy (non-hydrogen) atoms. The van der Waals surface area contributed by atoms with E-state index in [9.17, 15) is 9.50 Å². The number of aromatic hydroxyl groups is 1. The summed E-state index contributed by atoms with van der Waals surface area (Å²) >= 11 is 0. The van der Waals surface area contributed by atoms with Gasteiger partial charge in [0.15, 0.2) is 5.65 Å². The number of phenolic OH excluding ortho intramolecular Hbond substituents is 1. The predicted molar refractivity (Wildman–Crippen MR) is 134 cm³/mol. The maximum absolute atomic E-state index is 13.9. The molecule has 6 rings (SSSR count). The van der Waals surface area contributed by atoms with Gasteiger partial charge in [-0.1, -0.05) is 0 Å². The Kier molecular flexibility index (Phi) is 4.70. The Morgan fingerprint density at radius 1 is 0.857 bits per heavy atom. The van der Waals surface area contributed by atoms with Crippen molar-refractivity contribution in [3.8, 4) is 39.5 Å². The summed E-state index contributed by atoms with van der Waals surface area (Å²) in [6.07, 6.45) is 7.06. The standard InChI is InChI=1S/C26H20FN7O/c1-34(2)18-6-15(11-28-13-18)16-8-21-25(32-33-26(21)30-12-16)23-10-20-22(31-23)3-4-29-24(20)14-5-17(27)9-19(35)7-14/h3-13,31,35H,1-2H3,(H,30,32,33). The molecule has 0 amide bonds. The normalized spacial score (nSPS) is 11.4. The van der Waals surface area contributed by atoms with E-state index in [2.05, 4.69) is 36.2 Å². The molecule has 0 fully saturated rings. The molecule has 0 bridgehead atoms. The summed E-state index contributed by atoms with van der Waals surface area (Å²) in [6.45, 7) is 0. The number of benzene rings is 1. The van der Waals surface area contributed by atoms with Gasteiger partial charge in [0, 0.05) is 71.7 Å². The van der Waals surface area contributed by atoms with Crippen LogP contribution in [0.1, 0.15) is 0 Å². The Morgan fingerprint density at radius 2 is 1.71 bits per heavy atom. The van der Waals surface area contributed by atoms with E-state index in [4.69, 9.17) is 0 Å². The van der Waals surface area contributed by atoms with Gasteiger partial charge in [0.1, 0.15) is 17.3 Å². The van der Waals surface area contributed by atoms with Crippen LogP contribution in [0.4, 0.5) is 10.1 Å². The van der Waals surface area contributed by atoms with Crippen LogP contribution >= 0.6 is 0 Å². The van der Waals surface area contributed by atoms with Gasteiger partial charge in [-0.2, -0.15) is 5.10 Å². The van der Waals surface area contributed by atoms with Gasteiger partial charge in [-0.15, -0.1) is 0 Å². The first-order valence-electron chi connectivity index (χ1n) is 10.9. The number of fused-ring (bicyclic) bond motifs is 2. The van der Waals surface area contributed by atoms with E-state index in [-0.39, 0.29) is 5.75 Å². The highest BCUT2D eigenvalue weighted by Gasteiger charge is 2.16. The van der Waals surface area contributed by atoms with E-state index in [1.807, 2.05) is 49.6 Å². The molecular formula is C26H20FN7O. The van der Waals surface area contributed by atoms with Crippen LogP contribution in [0.15, 0.2) is 67.3 Å². The number of H-pyrrole nitrogens is 2. The first kappa shape index (κ1) is 20.8. The average Bonchev–Trinajstić information content (AvgIpc) is 3.47. The molecule has 0 aliphatic carbocycles. The summed E-state index contributed by atoms with van der Waals surface area (Å²) in [4.78, 5) is 18.8. The fourth-order valence-electron chi connectivity index (χ4n) is 4.22. The second kappa shape index (κ2) is 7.91. The van der Waals surface area contributed by atoms with Crippen LogP contribution in [0.5, 0.6) is 5.75 Å². The smallest absolute Gasteiger partial charge is 0.155 e. The van der Waals surface area contributed by atoms with Gasteiger partial charge >= 0.3 is 0 Å². The van der Waals surface area contributed by atoms with Crippen LogP contribution in [0, 0.1) is 5.82 Å². The minimum Gasteiger partial charge on any atom is -0.508 e. The second-order valence-corrected chi connectivity index (χ2v) is 8.52. The van der Waals surface area contributed by atoms with Gasteiger partial charge in [-0.05, 0) is 36.4 Å². The first-order chi connectivity index (χ1) is 17.0. The van der Waals surface area contributed by atoms with Gasteiger partial charge in [0.05, 0.1) is 23.3 Å². The number of pyridine rings is 3. The molecule has 8 nitrogen and oxygen atoms in total. The molecule has 172 valence electrons. The lowest BCUT2D eigenvalue weighted by atomic mass is 10.1. The number of halogens is 1. The zero-order valence-electron chi connectivity index (χ0n) is 18.9. The third-order valence-corrected chi connectivity index (χ3v) is 5.95. The minimum atomic E-state index is -0.528. The van der Waals surface area contributed by atoms with Crippen molar-refractivity contribution in [2.75, 3.05) is 19.0 Å². The summed E-state index contributed by atoms with van der Waals surface area (Å²) in [5.41, 5.74) is 6.86. The van der Waals surface area contributed by atoms with Crippen LogP contribution in [-0.4, -0.2) is 49.3 Å².